The Bertz CT molecular complexity index is 667. The van der Waals surface area contributed by atoms with Crippen LogP contribution in [0.15, 0.2) is 34.1 Å². The third kappa shape index (κ3) is 5.98. The predicted molar refractivity (Wildman–Crippen MR) is 103 cm³/mol. The van der Waals surface area contributed by atoms with Gasteiger partial charge in [-0.1, -0.05) is 0 Å². The van der Waals surface area contributed by atoms with Crippen molar-refractivity contribution in [3.63, 3.8) is 0 Å². The number of hydrogen-bond acceptors (Lipinski definition) is 5. The summed E-state index contributed by atoms with van der Waals surface area (Å²) in [5.74, 6) is 0.994. The number of amides is 1. The summed E-state index contributed by atoms with van der Waals surface area (Å²) in [6, 6.07) is 9.13. The molecule has 3 N–H and O–H groups in total. The lowest BCUT2D eigenvalue weighted by molar-refractivity contribution is 0.0953. The van der Waals surface area contributed by atoms with E-state index in [4.69, 9.17) is 15.2 Å². The van der Waals surface area contributed by atoms with Gasteiger partial charge in [0.05, 0.1) is 10.9 Å². The Kier molecular flexibility index (Phi) is 9.13. The highest BCUT2D eigenvalue weighted by atomic mass is 79.9. The highest BCUT2D eigenvalue weighted by molar-refractivity contribution is 9.11. The lowest BCUT2D eigenvalue weighted by atomic mass is 10.2. The fourth-order valence-electron chi connectivity index (χ4n) is 1.91. The molecule has 0 spiro atoms. The number of nitrogens with two attached hydrogens (primary N) is 1. The van der Waals surface area contributed by atoms with E-state index in [9.17, 15) is 4.79 Å². The molecule has 0 saturated heterocycles. The largest absolute Gasteiger partial charge is 0.493 e. The van der Waals surface area contributed by atoms with Crippen molar-refractivity contribution >= 4 is 45.6 Å². The number of halogens is 2. The molecular formula is C16H20BrClN2O3S. The minimum Gasteiger partial charge on any atom is -0.493 e. The lowest BCUT2D eigenvalue weighted by Crippen LogP contribution is -2.25. The van der Waals surface area contributed by atoms with Gasteiger partial charge in [0.25, 0.3) is 5.91 Å². The van der Waals surface area contributed by atoms with Gasteiger partial charge in [-0.3, -0.25) is 4.79 Å². The molecule has 5 nitrogen and oxygen atoms in total. The zero-order chi connectivity index (χ0) is 16.7. The van der Waals surface area contributed by atoms with Crippen LogP contribution in [0, 0.1) is 0 Å². The van der Waals surface area contributed by atoms with Crippen molar-refractivity contribution in [1.29, 1.82) is 0 Å². The maximum absolute atomic E-state index is 12.0. The molecule has 24 heavy (non-hydrogen) atoms. The SMILES string of the molecule is COc1cc(C(=O)NCCCN)ccc1OCc1ccc(Br)s1.Cl. The molecule has 1 amide bonds. The minimum absolute atomic E-state index is 0. The Labute approximate surface area is 160 Å². The number of nitrogens with one attached hydrogen (secondary N) is 1. The van der Waals surface area contributed by atoms with E-state index in [-0.39, 0.29) is 18.3 Å². The van der Waals surface area contributed by atoms with E-state index in [1.54, 1.807) is 36.6 Å². The quantitative estimate of drug-likeness (QED) is 0.621. The van der Waals surface area contributed by atoms with Crippen LogP contribution in [0.3, 0.4) is 0 Å². The number of benzene rings is 1. The third-order valence-electron chi connectivity index (χ3n) is 3.09. The first-order chi connectivity index (χ1) is 11.1. The summed E-state index contributed by atoms with van der Waals surface area (Å²) in [5.41, 5.74) is 5.94. The van der Waals surface area contributed by atoms with Crippen LogP contribution < -0.4 is 20.5 Å². The van der Waals surface area contributed by atoms with Crippen molar-refractivity contribution in [2.75, 3.05) is 20.2 Å². The normalized spacial score (nSPS) is 9.96. The van der Waals surface area contributed by atoms with Crippen LogP contribution in [0.25, 0.3) is 0 Å². The monoisotopic (exact) mass is 434 g/mol. The molecule has 1 aromatic heterocycles. The van der Waals surface area contributed by atoms with Crippen molar-refractivity contribution in [1.82, 2.24) is 5.32 Å². The second kappa shape index (κ2) is 10.6. The lowest BCUT2D eigenvalue weighted by Gasteiger charge is -2.12. The first-order valence-electron chi connectivity index (χ1n) is 7.17. The van der Waals surface area contributed by atoms with Gasteiger partial charge in [0.1, 0.15) is 6.61 Å². The van der Waals surface area contributed by atoms with Crippen LogP contribution >= 0.6 is 39.7 Å². The van der Waals surface area contributed by atoms with Gasteiger partial charge in [-0.15, -0.1) is 23.7 Å². The average molecular weight is 436 g/mol. The van der Waals surface area contributed by atoms with Crippen LogP contribution in [-0.2, 0) is 6.61 Å². The second-order valence-electron chi connectivity index (χ2n) is 4.76. The average Bonchev–Trinajstić information content (AvgIpc) is 2.98. The molecule has 8 heteroatoms. The summed E-state index contributed by atoms with van der Waals surface area (Å²) >= 11 is 5.04. The summed E-state index contributed by atoms with van der Waals surface area (Å²) < 4.78 is 12.2. The maximum Gasteiger partial charge on any atom is 0.251 e. The minimum atomic E-state index is -0.148. The molecule has 0 fully saturated rings. The van der Waals surface area contributed by atoms with Crippen LogP contribution in [0.4, 0.5) is 0 Å². The maximum atomic E-state index is 12.0. The fourth-order valence-corrected chi connectivity index (χ4v) is 3.31. The van der Waals surface area contributed by atoms with Crippen molar-refractivity contribution in [2.45, 2.75) is 13.0 Å². The third-order valence-corrected chi connectivity index (χ3v) is 4.69. The van der Waals surface area contributed by atoms with E-state index in [1.807, 2.05) is 12.1 Å². The summed E-state index contributed by atoms with van der Waals surface area (Å²) in [6.45, 7) is 1.56. The number of carbonyl (C=O) groups excluding carboxylic acids is 1. The van der Waals surface area contributed by atoms with Gasteiger partial charge in [0.15, 0.2) is 11.5 Å². The van der Waals surface area contributed by atoms with Gasteiger partial charge < -0.3 is 20.5 Å². The van der Waals surface area contributed by atoms with E-state index in [1.165, 1.54) is 0 Å². The number of rotatable bonds is 8. The highest BCUT2D eigenvalue weighted by Gasteiger charge is 2.11. The topological polar surface area (TPSA) is 73.6 Å². The molecule has 2 aromatic rings. The number of methoxy groups -OCH3 is 1. The molecule has 0 aliphatic rings. The van der Waals surface area contributed by atoms with E-state index < -0.39 is 0 Å². The summed E-state index contributed by atoms with van der Waals surface area (Å²) in [4.78, 5) is 13.1. The Morgan fingerprint density at radius 1 is 1.29 bits per heavy atom. The van der Waals surface area contributed by atoms with E-state index in [0.29, 0.717) is 36.8 Å². The summed E-state index contributed by atoms with van der Waals surface area (Å²) in [6.07, 6.45) is 0.750. The first kappa shape index (κ1) is 20.8. The molecule has 0 unspecified atom stereocenters. The molecular weight excluding hydrogens is 416 g/mol. The molecule has 0 radical (unpaired) electrons. The van der Waals surface area contributed by atoms with Crippen molar-refractivity contribution < 1.29 is 14.3 Å². The molecule has 2 rings (SSSR count). The standard InChI is InChI=1S/C16H19BrN2O3S.ClH/c1-21-14-9-11(16(20)19-8-2-7-18)3-5-13(14)22-10-12-4-6-15(17)23-12;/h3-6,9H,2,7-8,10,18H2,1H3,(H,19,20);1H. The Morgan fingerprint density at radius 3 is 2.71 bits per heavy atom. The van der Waals surface area contributed by atoms with E-state index in [2.05, 4.69) is 21.2 Å². The molecule has 1 heterocycles. The second-order valence-corrected chi connectivity index (χ2v) is 7.31. The van der Waals surface area contributed by atoms with Gasteiger partial charge in [-0.2, -0.15) is 0 Å². The number of carbonyl (C=O) groups is 1. The van der Waals surface area contributed by atoms with Gasteiger partial charge in [0.2, 0.25) is 0 Å². The van der Waals surface area contributed by atoms with E-state index >= 15 is 0 Å². The van der Waals surface area contributed by atoms with Gasteiger partial charge in [0, 0.05) is 17.0 Å². The van der Waals surface area contributed by atoms with Crippen LogP contribution in [0.1, 0.15) is 21.7 Å². The molecule has 0 bridgehead atoms. The number of hydrogen-bond donors (Lipinski definition) is 2. The number of ether oxygens (including phenoxy) is 2. The molecule has 132 valence electrons. The zero-order valence-electron chi connectivity index (χ0n) is 13.2. The van der Waals surface area contributed by atoms with E-state index in [0.717, 1.165) is 15.1 Å². The predicted octanol–water partition coefficient (Wildman–Crippen LogP) is 3.60. The van der Waals surface area contributed by atoms with Gasteiger partial charge >= 0.3 is 0 Å². The van der Waals surface area contributed by atoms with Gasteiger partial charge in [-0.05, 0) is 59.2 Å². The summed E-state index contributed by atoms with van der Waals surface area (Å²) in [5, 5.41) is 2.81. The van der Waals surface area contributed by atoms with Crippen LogP contribution in [0.5, 0.6) is 11.5 Å². The van der Waals surface area contributed by atoms with Crippen molar-refractivity contribution in [3.8, 4) is 11.5 Å². The Balaban J connectivity index is 0.00000288. The zero-order valence-corrected chi connectivity index (χ0v) is 16.4. The van der Waals surface area contributed by atoms with Crippen molar-refractivity contribution in [3.05, 3.63) is 44.6 Å². The summed E-state index contributed by atoms with van der Waals surface area (Å²) in [7, 11) is 1.56. The van der Waals surface area contributed by atoms with Crippen LogP contribution in [-0.4, -0.2) is 26.1 Å². The molecule has 0 saturated carbocycles. The smallest absolute Gasteiger partial charge is 0.251 e. The van der Waals surface area contributed by atoms with Crippen LogP contribution in [0.2, 0.25) is 0 Å². The molecule has 0 aliphatic heterocycles. The molecule has 0 aliphatic carbocycles. The molecule has 1 aromatic carbocycles. The van der Waals surface area contributed by atoms with Gasteiger partial charge in [-0.25, -0.2) is 0 Å². The Morgan fingerprint density at radius 2 is 2.08 bits per heavy atom. The number of thiophene rings is 1. The molecule has 0 atom stereocenters. The highest BCUT2D eigenvalue weighted by Crippen LogP contribution is 2.30. The first-order valence-corrected chi connectivity index (χ1v) is 8.78. The van der Waals surface area contributed by atoms with Crippen molar-refractivity contribution in [2.24, 2.45) is 5.73 Å². The fraction of sp³-hybridized carbons (Fsp3) is 0.312. The Hall–Kier alpha value is -1.28.